The third-order valence-electron chi connectivity index (χ3n) is 4.74. The van der Waals surface area contributed by atoms with E-state index in [4.69, 9.17) is 4.74 Å². The number of nitrogens with one attached hydrogen (secondary N) is 1. The summed E-state index contributed by atoms with van der Waals surface area (Å²) in [6.45, 7) is 4.36. The van der Waals surface area contributed by atoms with E-state index < -0.39 is 5.97 Å². The Morgan fingerprint density at radius 2 is 2.03 bits per heavy atom. The first kappa shape index (κ1) is 24.9. The fourth-order valence-electron chi connectivity index (χ4n) is 3.09. The Hall–Kier alpha value is -2.70. The van der Waals surface area contributed by atoms with Gasteiger partial charge in [-0.1, -0.05) is 17.8 Å². The molecular formula is C21H25N5O4S3. The molecule has 12 heteroatoms. The Labute approximate surface area is 204 Å². The fourth-order valence-corrected chi connectivity index (χ4v) is 5.85. The highest BCUT2D eigenvalue weighted by atomic mass is 32.2. The lowest BCUT2D eigenvalue weighted by Gasteiger charge is -2.08. The molecule has 0 fully saturated rings. The molecule has 3 aromatic heterocycles. The van der Waals surface area contributed by atoms with E-state index in [0.717, 1.165) is 17.2 Å². The van der Waals surface area contributed by atoms with Crippen LogP contribution in [0.15, 0.2) is 22.7 Å². The quantitative estimate of drug-likeness (QED) is 0.349. The van der Waals surface area contributed by atoms with E-state index >= 15 is 0 Å². The van der Waals surface area contributed by atoms with Crippen molar-refractivity contribution in [1.82, 2.24) is 19.7 Å². The van der Waals surface area contributed by atoms with Gasteiger partial charge in [0.05, 0.1) is 23.3 Å². The van der Waals surface area contributed by atoms with E-state index in [1.807, 2.05) is 22.9 Å². The van der Waals surface area contributed by atoms with Gasteiger partial charge in [0.25, 0.3) is 5.91 Å². The van der Waals surface area contributed by atoms with Gasteiger partial charge in [-0.25, -0.2) is 4.79 Å². The summed E-state index contributed by atoms with van der Waals surface area (Å²) in [6.07, 6.45) is 0.685. The molecule has 3 aromatic rings. The summed E-state index contributed by atoms with van der Waals surface area (Å²) in [5.41, 5.74) is 0.679. The van der Waals surface area contributed by atoms with Gasteiger partial charge in [0.15, 0.2) is 5.16 Å². The Morgan fingerprint density at radius 3 is 2.64 bits per heavy atom. The molecule has 176 valence electrons. The number of hydrogen-bond donors (Lipinski definition) is 1. The van der Waals surface area contributed by atoms with Gasteiger partial charge < -0.3 is 19.5 Å². The molecule has 0 saturated carbocycles. The Balaban J connectivity index is 1.74. The molecule has 0 atom stereocenters. The van der Waals surface area contributed by atoms with Crippen LogP contribution >= 0.6 is 34.4 Å². The minimum absolute atomic E-state index is 0.0751. The van der Waals surface area contributed by atoms with Crippen molar-refractivity contribution >= 4 is 57.2 Å². The molecule has 0 aromatic carbocycles. The smallest absolute Gasteiger partial charge is 0.341 e. The second-order valence-corrected chi connectivity index (χ2v) is 10.2. The van der Waals surface area contributed by atoms with Gasteiger partial charge in [0, 0.05) is 31.9 Å². The first-order valence-electron chi connectivity index (χ1n) is 10.1. The monoisotopic (exact) mass is 507 g/mol. The first-order chi connectivity index (χ1) is 15.8. The van der Waals surface area contributed by atoms with Gasteiger partial charge in [-0.2, -0.15) is 0 Å². The number of amides is 2. The number of hydrogen-bond acceptors (Lipinski definition) is 9. The molecule has 0 saturated heterocycles. The number of aromatic nitrogens is 3. The summed E-state index contributed by atoms with van der Waals surface area (Å²) in [4.78, 5) is 40.5. The van der Waals surface area contributed by atoms with E-state index in [9.17, 15) is 14.4 Å². The highest BCUT2D eigenvalue weighted by molar-refractivity contribution is 7.99. The van der Waals surface area contributed by atoms with Crippen molar-refractivity contribution in [2.45, 2.75) is 32.0 Å². The molecule has 0 spiro atoms. The SMILES string of the molecule is CCn1c(Cc2cccs2)nnc1SCC(=O)Nc1sc(C(=O)N(C)C)c(C)c1C(=O)OC. The van der Waals surface area contributed by atoms with Gasteiger partial charge in [-0.05, 0) is 30.9 Å². The largest absolute Gasteiger partial charge is 0.465 e. The molecule has 33 heavy (non-hydrogen) atoms. The van der Waals surface area contributed by atoms with Crippen LogP contribution in [-0.2, 0) is 22.5 Å². The molecule has 0 aliphatic carbocycles. The summed E-state index contributed by atoms with van der Waals surface area (Å²) in [5.74, 6) is -0.247. The van der Waals surface area contributed by atoms with Crippen LogP contribution in [0.2, 0.25) is 0 Å². The van der Waals surface area contributed by atoms with Crippen LogP contribution < -0.4 is 5.32 Å². The number of carbonyl (C=O) groups excluding carboxylic acids is 3. The number of nitrogens with zero attached hydrogens (tertiary/aromatic N) is 4. The van der Waals surface area contributed by atoms with Gasteiger partial charge >= 0.3 is 5.97 Å². The maximum atomic E-state index is 12.7. The number of rotatable bonds is 9. The highest BCUT2D eigenvalue weighted by Crippen LogP contribution is 2.34. The molecule has 0 bridgehead atoms. The standard InChI is InChI=1S/C21H25N5O4S3/c1-6-26-14(10-13-8-7-9-31-13)23-24-21(26)32-11-15(27)22-18-16(20(29)30-5)12(2)17(33-18)19(28)25(3)4/h7-9H,6,10-11H2,1-5H3,(H,22,27). The molecule has 3 heterocycles. The zero-order chi connectivity index (χ0) is 24.1. The molecule has 0 unspecified atom stereocenters. The second kappa shape index (κ2) is 10.9. The minimum Gasteiger partial charge on any atom is -0.465 e. The number of esters is 1. The van der Waals surface area contributed by atoms with E-state index in [-0.39, 0.29) is 23.1 Å². The topological polar surface area (TPSA) is 106 Å². The average molecular weight is 508 g/mol. The summed E-state index contributed by atoms with van der Waals surface area (Å²) in [5, 5.41) is 14.3. The van der Waals surface area contributed by atoms with E-state index in [1.165, 1.54) is 28.6 Å². The van der Waals surface area contributed by atoms with Crippen LogP contribution in [0.5, 0.6) is 0 Å². The van der Waals surface area contributed by atoms with E-state index in [2.05, 4.69) is 21.6 Å². The summed E-state index contributed by atoms with van der Waals surface area (Å²) < 4.78 is 6.85. The molecule has 0 aliphatic rings. The van der Waals surface area contributed by atoms with Crippen molar-refractivity contribution in [3.8, 4) is 0 Å². The lowest BCUT2D eigenvalue weighted by atomic mass is 10.1. The van der Waals surface area contributed by atoms with Crippen LogP contribution in [0, 0.1) is 6.92 Å². The van der Waals surface area contributed by atoms with Gasteiger partial charge in [0.2, 0.25) is 5.91 Å². The average Bonchev–Trinajstić information content (AvgIpc) is 3.51. The number of thiophene rings is 2. The maximum absolute atomic E-state index is 12.7. The third kappa shape index (κ3) is 5.63. The minimum atomic E-state index is -0.603. The van der Waals surface area contributed by atoms with E-state index in [1.54, 1.807) is 32.4 Å². The lowest BCUT2D eigenvalue weighted by molar-refractivity contribution is -0.113. The summed E-state index contributed by atoms with van der Waals surface area (Å²) in [6, 6.07) is 4.05. The zero-order valence-electron chi connectivity index (χ0n) is 19.0. The number of anilines is 1. The first-order valence-corrected chi connectivity index (χ1v) is 12.7. The van der Waals surface area contributed by atoms with Crippen molar-refractivity contribution in [3.63, 3.8) is 0 Å². The van der Waals surface area contributed by atoms with Crippen molar-refractivity contribution < 1.29 is 19.1 Å². The highest BCUT2D eigenvalue weighted by Gasteiger charge is 2.27. The molecule has 1 N–H and O–H groups in total. The third-order valence-corrected chi connectivity index (χ3v) is 7.78. The molecule has 0 aliphatic heterocycles. The van der Waals surface area contributed by atoms with Gasteiger partial charge in [-0.15, -0.1) is 32.9 Å². The van der Waals surface area contributed by atoms with Crippen molar-refractivity contribution in [1.29, 1.82) is 0 Å². The van der Waals surface area contributed by atoms with Crippen molar-refractivity contribution in [3.05, 3.63) is 44.2 Å². The fraction of sp³-hybridized carbons (Fsp3) is 0.381. The predicted molar refractivity (Wildman–Crippen MR) is 131 cm³/mol. The molecule has 9 nitrogen and oxygen atoms in total. The number of thioether (sulfide) groups is 1. The zero-order valence-corrected chi connectivity index (χ0v) is 21.4. The number of carbonyl (C=O) groups is 3. The number of methoxy groups -OCH3 is 1. The Morgan fingerprint density at radius 1 is 1.27 bits per heavy atom. The van der Waals surface area contributed by atoms with Gasteiger partial charge in [-0.3, -0.25) is 9.59 Å². The second-order valence-electron chi connectivity index (χ2n) is 7.19. The lowest BCUT2D eigenvalue weighted by Crippen LogP contribution is -2.21. The summed E-state index contributed by atoms with van der Waals surface area (Å²) in [7, 11) is 4.52. The van der Waals surface area contributed by atoms with Crippen molar-refractivity contribution in [2.24, 2.45) is 0 Å². The van der Waals surface area contributed by atoms with Crippen LogP contribution in [0.25, 0.3) is 0 Å². The van der Waals surface area contributed by atoms with Crippen molar-refractivity contribution in [2.75, 3.05) is 32.3 Å². The Bertz CT molecular complexity index is 1150. The van der Waals surface area contributed by atoms with Crippen LogP contribution in [-0.4, -0.2) is 64.4 Å². The molecule has 0 radical (unpaired) electrons. The summed E-state index contributed by atoms with van der Waals surface area (Å²) >= 11 is 4.00. The van der Waals surface area contributed by atoms with Crippen LogP contribution in [0.3, 0.4) is 0 Å². The normalized spacial score (nSPS) is 10.8. The Kier molecular flexibility index (Phi) is 8.27. The number of ether oxygens (including phenoxy) is 1. The van der Waals surface area contributed by atoms with Gasteiger partial charge in [0.1, 0.15) is 10.8 Å². The van der Waals surface area contributed by atoms with Crippen LogP contribution in [0.4, 0.5) is 5.00 Å². The van der Waals surface area contributed by atoms with E-state index in [0.29, 0.717) is 33.6 Å². The predicted octanol–water partition coefficient (Wildman–Crippen LogP) is 3.54. The maximum Gasteiger partial charge on any atom is 0.341 e. The van der Waals surface area contributed by atoms with Crippen LogP contribution in [0.1, 0.15) is 43.2 Å². The molecule has 2 amide bonds. The molecular weight excluding hydrogens is 482 g/mol. The molecule has 3 rings (SSSR count).